The largest absolute Gasteiger partial charge is 0.391 e. The summed E-state index contributed by atoms with van der Waals surface area (Å²) in [6, 6.07) is 6.61. The number of fused-ring (bicyclic) bond motifs is 1. The first-order chi connectivity index (χ1) is 14.9. The van der Waals surface area contributed by atoms with Crippen LogP contribution in [0.2, 0.25) is 0 Å². The van der Waals surface area contributed by atoms with Crippen LogP contribution < -0.4 is 27.7 Å². The van der Waals surface area contributed by atoms with Crippen molar-refractivity contribution in [3.8, 4) is 0 Å². The number of nitrogens with one attached hydrogen (secondary N) is 2. The van der Waals surface area contributed by atoms with Crippen LogP contribution in [0.4, 0.5) is 5.82 Å². The van der Waals surface area contributed by atoms with Crippen LogP contribution in [0.5, 0.6) is 0 Å². The monoisotopic (exact) mass is 443 g/mol. The summed E-state index contributed by atoms with van der Waals surface area (Å²) in [5, 5.41) is 9.12. The van der Waals surface area contributed by atoms with E-state index in [0.717, 1.165) is 19.3 Å². The zero-order valence-electron chi connectivity index (χ0n) is 17.7. The average Bonchev–Trinajstić information content (AvgIpc) is 3.20. The number of benzene rings is 1. The summed E-state index contributed by atoms with van der Waals surface area (Å²) in [4.78, 5) is 33.9. The van der Waals surface area contributed by atoms with E-state index in [1.807, 2.05) is 0 Å². The summed E-state index contributed by atoms with van der Waals surface area (Å²) in [5.41, 5.74) is 14.7. The maximum atomic E-state index is 12.8. The van der Waals surface area contributed by atoms with Crippen LogP contribution in [0.3, 0.4) is 0 Å². The van der Waals surface area contributed by atoms with Crippen LogP contribution in [0.25, 0.3) is 0 Å². The van der Waals surface area contributed by atoms with Crippen molar-refractivity contribution in [2.24, 2.45) is 16.6 Å². The molecule has 1 heterocycles. The topological polar surface area (TPSA) is 150 Å². The molecule has 174 valence electrons. The molecule has 0 bridgehead atoms. The van der Waals surface area contributed by atoms with Crippen molar-refractivity contribution in [2.75, 3.05) is 25.0 Å². The van der Waals surface area contributed by atoms with Gasteiger partial charge in [-0.15, -0.1) is 0 Å². The zero-order chi connectivity index (χ0) is 22.2. The molecule has 1 aliphatic carbocycles. The minimum absolute atomic E-state index is 0. The first-order valence-corrected chi connectivity index (χ1v) is 10.3. The molecule has 0 unspecified atom stereocenters. The predicted octanol–water partition coefficient (Wildman–Crippen LogP) is 0.652. The number of carbonyl (C=O) groups is 1. The van der Waals surface area contributed by atoms with Crippen molar-refractivity contribution in [3.63, 3.8) is 0 Å². The fraction of sp³-hybridized carbons (Fsp3) is 0.455. The number of aromatic nitrogens is 2. The second-order valence-corrected chi connectivity index (χ2v) is 7.47. The lowest BCUT2D eigenvalue weighted by Gasteiger charge is -2.12. The summed E-state index contributed by atoms with van der Waals surface area (Å²) in [7, 11) is 0. The fourth-order valence-electron chi connectivity index (χ4n) is 3.55. The van der Waals surface area contributed by atoms with Crippen molar-refractivity contribution >= 4 is 17.7 Å². The Bertz CT molecular complexity index is 1010. The molecule has 0 radical (unpaired) electrons. The van der Waals surface area contributed by atoms with Crippen LogP contribution >= 0.6 is 0 Å². The van der Waals surface area contributed by atoms with E-state index in [-0.39, 0.29) is 50.4 Å². The van der Waals surface area contributed by atoms with Gasteiger partial charge in [0.1, 0.15) is 13.2 Å². The number of nitrogens with two attached hydrogens (primary N) is 2. The molecule has 1 aliphatic rings. The number of aryl methyl sites for hydroxylation is 3. The number of amides is 1. The van der Waals surface area contributed by atoms with Crippen molar-refractivity contribution < 1.29 is 9.63 Å². The number of guanidine groups is 1. The summed E-state index contributed by atoms with van der Waals surface area (Å²) in [5.74, 6) is -0.286. The standard InChI is InChI=1S/C21H29N7O3.CH4/c1-14-12-26-19(25-8-7-15-5-6-16-3-2-4-17(16)11-15)20(30)28(14)13-18(29)24-9-10-31-27-21(22)23;/h5-6,11-12H,2-4,7-10,13H2,1H3,(H,24,29)(H,25,26)(H4,22,23,27);1H4. The Balaban J connectivity index is 0.00000363. The van der Waals surface area contributed by atoms with E-state index < -0.39 is 0 Å². The second-order valence-electron chi connectivity index (χ2n) is 7.47. The van der Waals surface area contributed by atoms with E-state index in [1.54, 1.807) is 13.1 Å². The molecule has 0 aliphatic heterocycles. The van der Waals surface area contributed by atoms with Crippen LogP contribution in [0.15, 0.2) is 34.3 Å². The number of hydrogen-bond acceptors (Lipinski definition) is 6. The molecule has 1 amide bonds. The second kappa shape index (κ2) is 11.7. The number of hydrogen-bond donors (Lipinski definition) is 4. The van der Waals surface area contributed by atoms with Gasteiger partial charge in [-0.2, -0.15) is 0 Å². The van der Waals surface area contributed by atoms with Crippen molar-refractivity contribution in [2.45, 2.75) is 46.6 Å². The van der Waals surface area contributed by atoms with Gasteiger partial charge in [0.25, 0.3) is 5.56 Å². The molecule has 6 N–H and O–H groups in total. The molecule has 10 heteroatoms. The molecule has 1 aromatic heterocycles. The Morgan fingerprint density at radius 3 is 2.81 bits per heavy atom. The molecule has 0 saturated carbocycles. The van der Waals surface area contributed by atoms with E-state index in [1.165, 1.54) is 27.7 Å². The van der Waals surface area contributed by atoms with Crippen molar-refractivity contribution in [1.29, 1.82) is 0 Å². The molecule has 10 nitrogen and oxygen atoms in total. The van der Waals surface area contributed by atoms with E-state index >= 15 is 0 Å². The molecule has 0 atom stereocenters. The van der Waals surface area contributed by atoms with E-state index in [0.29, 0.717) is 12.2 Å². The minimum atomic E-state index is -0.333. The van der Waals surface area contributed by atoms with Gasteiger partial charge in [0.15, 0.2) is 5.82 Å². The maximum absolute atomic E-state index is 12.8. The SMILES string of the molecule is C.Cc1cnc(NCCc2ccc3c(c2)CCC3)c(=O)n1CC(=O)NCCON=C(N)N. The fourth-order valence-corrected chi connectivity index (χ4v) is 3.55. The minimum Gasteiger partial charge on any atom is -0.391 e. The first-order valence-electron chi connectivity index (χ1n) is 10.3. The summed E-state index contributed by atoms with van der Waals surface area (Å²) in [6.45, 7) is 2.52. The smallest absolute Gasteiger partial charge is 0.293 e. The lowest BCUT2D eigenvalue weighted by atomic mass is 10.0. The van der Waals surface area contributed by atoms with Gasteiger partial charge in [0, 0.05) is 18.4 Å². The van der Waals surface area contributed by atoms with Gasteiger partial charge < -0.3 is 26.9 Å². The molecule has 0 spiro atoms. The Labute approximate surface area is 188 Å². The normalized spacial score (nSPS) is 11.8. The quantitative estimate of drug-likeness (QED) is 0.182. The molecule has 0 fully saturated rings. The number of carbonyl (C=O) groups excluding carboxylic acids is 1. The highest BCUT2D eigenvalue weighted by atomic mass is 16.6. The van der Waals surface area contributed by atoms with Crippen LogP contribution in [0.1, 0.15) is 36.2 Å². The zero-order valence-corrected chi connectivity index (χ0v) is 17.7. The highest BCUT2D eigenvalue weighted by Crippen LogP contribution is 2.22. The highest BCUT2D eigenvalue weighted by molar-refractivity contribution is 5.76. The van der Waals surface area contributed by atoms with Gasteiger partial charge in [0.2, 0.25) is 11.9 Å². The average molecular weight is 444 g/mol. The van der Waals surface area contributed by atoms with Gasteiger partial charge in [-0.3, -0.25) is 14.2 Å². The molecule has 1 aromatic carbocycles. The van der Waals surface area contributed by atoms with Gasteiger partial charge in [-0.25, -0.2) is 4.98 Å². The molecule has 2 aromatic rings. The third-order valence-corrected chi connectivity index (χ3v) is 5.11. The van der Waals surface area contributed by atoms with E-state index in [9.17, 15) is 9.59 Å². The number of rotatable bonds is 10. The number of nitrogens with zero attached hydrogens (tertiary/aromatic N) is 3. The molecule has 0 saturated heterocycles. The summed E-state index contributed by atoms with van der Waals surface area (Å²) >= 11 is 0. The Morgan fingerprint density at radius 1 is 1.25 bits per heavy atom. The summed E-state index contributed by atoms with van der Waals surface area (Å²) < 4.78 is 1.39. The van der Waals surface area contributed by atoms with Crippen molar-refractivity contribution in [1.82, 2.24) is 14.9 Å². The van der Waals surface area contributed by atoms with Gasteiger partial charge in [-0.05, 0) is 54.5 Å². The Morgan fingerprint density at radius 2 is 2.03 bits per heavy atom. The molecule has 32 heavy (non-hydrogen) atoms. The lowest BCUT2D eigenvalue weighted by Crippen LogP contribution is -2.36. The highest BCUT2D eigenvalue weighted by Gasteiger charge is 2.13. The van der Waals surface area contributed by atoms with Gasteiger partial charge in [-0.1, -0.05) is 25.6 Å². The van der Waals surface area contributed by atoms with Crippen LogP contribution in [-0.2, 0) is 35.4 Å². The Kier molecular flexibility index (Phi) is 9.06. The third kappa shape index (κ3) is 6.73. The molecular formula is C22H33N7O3. The number of anilines is 1. The Hall–Kier alpha value is -3.56. The van der Waals surface area contributed by atoms with E-state index in [2.05, 4.69) is 39.0 Å². The van der Waals surface area contributed by atoms with Crippen molar-refractivity contribution in [3.05, 3.63) is 57.1 Å². The van der Waals surface area contributed by atoms with E-state index in [4.69, 9.17) is 16.3 Å². The van der Waals surface area contributed by atoms with Crippen LogP contribution in [-0.4, -0.2) is 41.1 Å². The van der Waals surface area contributed by atoms with Gasteiger partial charge >= 0.3 is 0 Å². The number of oxime groups is 1. The molecule has 3 rings (SSSR count). The van der Waals surface area contributed by atoms with Gasteiger partial charge in [0.05, 0.1) is 6.54 Å². The summed E-state index contributed by atoms with van der Waals surface area (Å²) in [6.07, 6.45) is 5.90. The first kappa shape index (κ1) is 24.7. The lowest BCUT2D eigenvalue weighted by molar-refractivity contribution is -0.122. The third-order valence-electron chi connectivity index (χ3n) is 5.11. The predicted molar refractivity (Wildman–Crippen MR) is 125 cm³/mol. The maximum Gasteiger partial charge on any atom is 0.293 e. The van der Waals surface area contributed by atoms with Crippen LogP contribution in [0, 0.1) is 6.92 Å². The molecular weight excluding hydrogens is 410 g/mol.